The molecular weight excluding hydrogens is 320 g/mol. The van der Waals surface area contributed by atoms with Crippen LogP contribution in [0.25, 0.3) is 0 Å². The zero-order valence-electron chi connectivity index (χ0n) is 13.7. The number of amides is 2. The van der Waals surface area contributed by atoms with Gasteiger partial charge in [-0.25, -0.2) is 0 Å². The third-order valence-electron chi connectivity index (χ3n) is 5.55. The van der Waals surface area contributed by atoms with Gasteiger partial charge >= 0.3 is 5.97 Å². The number of carbonyl (C=O) groups excluding carboxylic acids is 2. The lowest BCUT2D eigenvalue weighted by Gasteiger charge is -2.24. The van der Waals surface area contributed by atoms with Crippen LogP contribution in [0.2, 0.25) is 0 Å². The molecule has 6 heteroatoms. The Hall–Kier alpha value is -2.63. The van der Waals surface area contributed by atoms with Gasteiger partial charge in [0.25, 0.3) is 0 Å². The fourth-order valence-electron chi connectivity index (χ4n) is 4.41. The Kier molecular flexibility index (Phi) is 3.82. The van der Waals surface area contributed by atoms with Gasteiger partial charge in [-0.05, 0) is 42.9 Å². The average Bonchev–Trinajstić information content (AvgIpc) is 3.29. The predicted octanol–water partition coefficient (Wildman–Crippen LogP) is 2.27. The van der Waals surface area contributed by atoms with Crippen LogP contribution in [-0.2, 0) is 14.4 Å². The van der Waals surface area contributed by atoms with Crippen LogP contribution < -0.4 is 10.2 Å². The Bertz CT molecular complexity index is 772. The Labute approximate surface area is 145 Å². The van der Waals surface area contributed by atoms with Gasteiger partial charge in [-0.1, -0.05) is 18.2 Å². The first-order valence-corrected chi connectivity index (χ1v) is 8.67. The lowest BCUT2D eigenvalue weighted by molar-refractivity contribution is -0.146. The van der Waals surface area contributed by atoms with Gasteiger partial charge in [0, 0.05) is 24.3 Å². The van der Waals surface area contributed by atoms with E-state index in [4.69, 9.17) is 0 Å². The maximum absolute atomic E-state index is 12.7. The minimum atomic E-state index is -0.909. The second kappa shape index (κ2) is 6.02. The lowest BCUT2D eigenvalue weighted by atomic mass is 9.82. The minimum Gasteiger partial charge on any atom is -0.481 e. The number of carbonyl (C=O) groups is 3. The fraction of sp³-hybridized carbons (Fsp3) is 0.421. The molecule has 3 aliphatic rings. The van der Waals surface area contributed by atoms with Crippen molar-refractivity contribution in [1.29, 1.82) is 0 Å². The first kappa shape index (κ1) is 15.9. The van der Waals surface area contributed by atoms with Gasteiger partial charge in [0.05, 0.1) is 11.8 Å². The molecule has 2 bridgehead atoms. The number of benzene rings is 1. The van der Waals surface area contributed by atoms with E-state index < -0.39 is 17.8 Å². The van der Waals surface area contributed by atoms with E-state index in [9.17, 15) is 19.5 Å². The van der Waals surface area contributed by atoms with Crippen molar-refractivity contribution >= 4 is 29.2 Å². The molecule has 4 rings (SSSR count). The molecule has 1 saturated carbocycles. The van der Waals surface area contributed by atoms with E-state index in [1.807, 2.05) is 18.2 Å². The van der Waals surface area contributed by atoms with Crippen molar-refractivity contribution in [3.8, 4) is 0 Å². The van der Waals surface area contributed by atoms with Crippen molar-refractivity contribution in [3.63, 3.8) is 0 Å². The van der Waals surface area contributed by atoms with Gasteiger partial charge in [-0.3, -0.25) is 14.4 Å². The van der Waals surface area contributed by atoms with Crippen molar-refractivity contribution in [2.75, 3.05) is 16.8 Å². The molecule has 0 radical (unpaired) electrons. The maximum atomic E-state index is 12.7. The SMILES string of the molecule is O=C(Nc1cccc(N2CCCC2=O)c1)[C@@H]1[C@H](C(=O)O)[C@@H]2C=C[C@H]1C2. The molecule has 0 spiro atoms. The largest absolute Gasteiger partial charge is 0.481 e. The second-order valence-electron chi connectivity index (χ2n) is 7.03. The van der Waals surface area contributed by atoms with Crippen molar-refractivity contribution in [3.05, 3.63) is 36.4 Å². The minimum absolute atomic E-state index is 0.00515. The maximum Gasteiger partial charge on any atom is 0.307 e. The van der Waals surface area contributed by atoms with E-state index in [0.29, 0.717) is 18.7 Å². The van der Waals surface area contributed by atoms with E-state index in [0.717, 1.165) is 18.5 Å². The Morgan fingerprint density at radius 1 is 1.16 bits per heavy atom. The van der Waals surface area contributed by atoms with Crippen LogP contribution in [0.3, 0.4) is 0 Å². The zero-order valence-corrected chi connectivity index (χ0v) is 13.7. The van der Waals surface area contributed by atoms with Crippen molar-refractivity contribution in [2.45, 2.75) is 19.3 Å². The number of aliphatic carboxylic acids is 1. The molecule has 2 N–H and O–H groups in total. The summed E-state index contributed by atoms with van der Waals surface area (Å²) in [6.45, 7) is 0.689. The first-order valence-electron chi connectivity index (χ1n) is 8.67. The van der Waals surface area contributed by atoms with Crippen LogP contribution in [0, 0.1) is 23.7 Å². The van der Waals surface area contributed by atoms with Gasteiger partial charge in [0.15, 0.2) is 0 Å². The number of carboxylic acids is 1. The summed E-state index contributed by atoms with van der Waals surface area (Å²) in [4.78, 5) is 37.9. The van der Waals surface area contributed by atoms with Crippen molar-refractivity contribution < 1.29 is 19.5 Å². The van der Waals surface area contributed by atoms with Crippen LogP contribution >= 0.6 is 0 Å². The monoisotopic (exact) mass is 340 g/mol. The molecule has 1 aromatic rings. The number of fused-ring (bicyclic) bond motifs is 2. The highest BCUT2D eigenvalue weighted by molar-refractivity contribution is 5.98. The number of hydrogen-bond acceptors (Lipinski definition) is 3. The van der Waals surface area contributed by atoms with Crippen LogP contribution in [0.1, 0.15) is 19.3 Å². The molecule has 1 saturated heterocycles. The molecule has 2 amide bonds. The van der Waals surface area contributed by atoms with Crippen molar-refractivity contribution in [1.82, 2.24) is 0 Å². The fourth-order valence-corrected chi connectivity index (χ4v) is 4.41. The Morgan fingerprint density at radius 2 is 1.92 bits per heavy atom. The first-order chi connectivity index (χ1) is 12.0. The van der Waals surface area contributed by atoms with Crippen molar-refractivity contribution in [2.24, 2.45) is 23.7 Å². The van der Waals surface area contributed by atoms with Gasteiger partial charge in [-0.2, -0.15) is 0 Å². The van der Waals surface area contributed by atoms with E-state index in [-0.39, 0.29) is 23.7 Å². The molecule has 130 valence electrons. The summed E-state index contributed by atoms with van der Waals surface area (Å²) in [5.41, 5.74) is 1.36. The topological polar surface area (TPSA) is 86.7 Å². The average molecular weight is 340 g/mol. The second-order valence-corrected chi connectivity index (χ2v) is 7.03. The number of rotatable bonds is 4. The highest BCUT2D eigenvalue weighted by atomic mass is 16.4. The van der Waals surface area contributed by atoms with Gasteiger partial charge in [-0.15, -0.1) is 0 Å². The van der Waals surface area contributed by atoms with Gasteiger partial charge < -0.3 is 15.3 Å². The number of nitrogens with one attached hydrogen (secondary N) is 1. The third-order valence-corrected chi connectivity index (χ3v) is 5.55. The quantitative estimate of drug-likeness (QED) is 0.823. The number of carboxylic acid groups (broad SMARTS) is 1. The predicted molar refractivity (Wildman–Crippen MR) is 92.0 cm³/mol. The molecule has 2 aliphatic carbocycles. The summed E-state index contributed by atoms with van der Waals surface area (Å²) in [6, 6.07) is 7.19. The van der Waals surface area contributed by atoms with E-state index >= 15 is 0 Å². The van der Waals surface area contributed by atoms with E-state index in [2.05, 4.69) is 5.32 Å². The molecule has 4 atom stereocenters. The molecule has 1 heterocycles. The zero-order chi connectivity index (χ0) is 17.6. The highest BCUT2D eigenvalue weighted by Crippen LogP contribution is 2.48. The molecule has 1 aromatic carbocycles. The molecule has 6 nitrogen and oxygen atoms in total. The molecule has 0 unspecified atom stereocenters. The smallest absolute Gasteiger partial charge is 0.307 e. The normalized spacial score (nSPS) is 30.1. The number of hydrogen-bond donors (Lipinski definition) is 2. The van der Waals surface area contributed by atoms with Gasteiger partial charge in [0.1, 0.15) is 0 Å². The molecule has 1 aliphatic heterocycles. The Morgan fingerprint density at radius 3 is 2.60 bits per heavy atom. The number of allylic oxidation sites excluding steroid dienone is 2. The molecule has 25 heavy (non-hydrogen) atoms. The van der Waals surface area contributed by atoms with E-state index in [1.54, 1.807) is 23.1 Å². The van der Waals surface area contributed by atoms with Crippen LogP contribution in [-0.4, -0.2) is 29.4 Å². The summed E-state index contributed by atoms with van der Waals surface area (Å²) in [6.07, 6.45) is 6.01. The number of nitrogens with zero attached hydrogens (tertiary/aromatic N) is 1. The summed E-state index contributed by atoms with van der Waals surface area (Å²) in [7, 11) is 0. The van der Waals surface area contributed by atoms with Crippen LogP contribution in [0.5, 0.6) is 0 Å². The Balaban J connectivity index is 1.52. The molecule has 0 aromatic heterocycles. The summed E-state index contributed by atoms with van der Waals surface area (Å²) >= 11 is 0. The summed E-state index contributed by atoms with van der Waals surface area (Å²) in [5, 5.41) is 12.3. The van der Waals surface area contributed by atoms with Gasteiger partial charge in [0.2, 0.25) is 11.8 Å². The summed E-state index contributed by atoms with van der Waals surface area (Å²) in [5.74, 6) is -2.32. The third kappa shape index (κ3) is 2.71. The lowest BCUT2D eigenvalue weighted by Crippen LogP contribution is -2.36. The molecular formula is C19H20N2O4. The van der Waals surface area contributed by atoms with Crippen LogP contribution in [0.4, 0.5) is 11.4 Å². The highest BCUT2D eigenvalue weighted by Gasteiger charge is 2.51. The van der Waals surface area contributed by atoms with E-state index in [1.165, 1.54) is 0 Å². The molecule has 2 fully saturated rings. The number of anilines is 2. The standard InChI is InChI=1S/C19H20N2O4/c22-15-5-2-8-21(15)14-4-1-3-13(10-14)20-18(23)16-11-6-7-12(9-11)17(16)19(24)25/h1,3-4,6-7,10-12,16-17H,2,5,8-9H2,(H,20,23)(H,24,25)/t11-,12+,16-,17+/m0/s1. The van der Waals surface area contributed by atoms with Crippen LogP contribution in [0.15, 0.2) is 36.4 Å². The summed E-state index contributed by atoms with van der Waals surface area (Å²) < 4.78 is 0.